The average molecular weight is 356 g/mol. The minimum absolute atomic E-state index is 0. The van der Waals surface area contributed by atoms with Gasteiger partial charge in [0.1, 0.15) is 5.82 Å². The van der Waals surface area contributed by atoms with E-state index in [0.717, 1.165) is 25.2 Å². The number of aromatic nitrogens is 2. The van der Waals surface area contributed by atoms with Crippen LogP contribution < -0.4 is 10.6 Å². The van der Waals surface area contributed by atoms with E-state index in [4.69, 9.17) is 0 Å². The van der Waals surface area contributed by atoms with Crippen LogP contribution in [0.4, 0.5) is 13.2 Å². The Balaban J connectivity index is 0.00000131. The fraction of sp³-hybridized carbons (Fsp3) is 0.529. The van der Waals surface area contributed by atoms with Crippen LogP contribution in [0.5, 0.6) is 0 Å². The predicted molar refractivity (Wildman–Crippen MR) is 88.9 cm³/mol. The molecule has 1 aliphatic carbocycles. The van der Waals surface area contributed by atoms with Crippen molar-refractivity contribution in [2.24, 2.45) is 17.8 Å². The van der Waals surface area contributed by atoms with Gasteiger partial charge < -0.3 is 15.0 Å². The first-order valence-corrected chi connectivity index (χ1v) is 8.26. The number of nitrogens with one attached hydrogen (secondary N) is 2. The van der Waals surface area contributed by atoms with E-state index in [0.29, 0.717) is 23.2 Å². The molecule has 2 aromatic rings. The zero-order chi connectivity index (χ0) is 18.0. The maximum atomic E-state index is 12.8. The number of fused-ring (bicyclic) bond motifs is 2. The van der Waals surface area contributed by atoms with Gasteiger partial charge in [-0.25, -0.2) is 4.98 Å². The molecule has 1 saturated carbocycles. The number of amides is 1. The Hall–Kier alpha value is -2.09. The molecule has 138 valence electrons. The molecule has 1 aliphatic heterocycles. The SMILES string of the molecule is CC(C)(NC(=O)C1[C@H]2CNC[C@@H]12)c1ncc2cc(C(F)(F)F)ccn12.[HH].[HH]. The van der Waals surface area contributed by atoms with Crippen molar-refractivity contribution in [1.82, 2.24) is 20.0 Å². The first-order chi connectivity index (χ1) is 11.7. The summed E-state index contributed by atoms with van der Waals surface area (Å²) in [4.78, 5) is 16.8. The molecule has 0 radical (unpaired) electrons. The topological polar surface area (TPSA) is 58.4 Å². The van der Waals surface area contributed by atoms with Gasteiger partial charge in [0.2, 0.25) is 5.91 Å². The molecule has 0 aromatic carbocycles. The standard InChI is InChI=1S/C17H19F3N4O.2H2/c1-16(2,23-14(25)13-11-7-21-8-12(11)13)15-22-6-10-5-9(17(18,19)20)3-4-24(10)15;;/h3-6,11-13,21H,7-8H2,1-2H3,(H,23,25);2*1H/t11-,12+,13?;;. The molecular weight excluding hydrogens is 333 g/mol. The summed E-state index contributed by atoms with van der Waals surface area (Å²) < 4.78 is 40.1. The first-order valence-electron chi connectivity index (χ1n) is 8.26. The number of halogens is 3. The summed E-state index contributed by atoms with van der Waals surface area (Å²) in [5.74, 6) is 1.34. The summed E-state index contributed by atoms with van der Waals surface area (Å²) in [6.45, 7) is 5.37. The van der Waals surface area contributed by atoms with Gasteiger partial charge in [-0.2, -0.15) is 13.2 Å². The van der Waals surface area contributed by atoms with Gasteiger partial charge in [0.05, 0.1) is 22.8 Å². The lowest BCUT2D eigenvalue weighted by atomic mass is 10.0. The third-order valence-corrected chi connectivity index (χ3v) is 5.25. The normalized spacial score (nSPS) is 25.9. The van der Waals surface area contributed by atoms with Crippen LogP contribution in [0.25, 0.3) is 5.52 Å². The second-order valence-corrected chi connectivity index (χ2v) is 7.42. The number of carbonyl (C=O) groups excluding carboxylic acids is 1. The average Bonchev–Trinajstić information content (AvgIpc) is 2.88. The summed E-state index contributed by atoms with van der Waals surface area (Å²) in [5, 5.41) is 6.26. The fourth-order valence-electron chi connectivity index (χ4n) is 3.89. The largest absolute Gasteiger partial charge is 0.416 e. The lowest BCUT2D eigenvalue weighted by Gasteiger charge is -2.26. The van der Waals surface area contributed by atoms with Crippen LogP contribution in [0, 0.1) is 17.8 Å². The van der Waals surface area contributed by atoms with E-state index in [2.05, 4.69) is 15.6 Å². The summed E-state index contributed by atoms with van der Waals surface area (Å²) in [7, 11) is 0. The van der Waals surface area contributed by atoms with Gasteiger partial charge in [-0.05, 0) is 50.9 Å². The van der Waals surface area contributed by atoms with E-state index in [9.17, 15) is 18.0 Å². The number of hydrogen-bond donors (Lipinski definition) is 2. The van der Waals surface area contributed by atoms with Crippen LogP contribution >= 0.6 is 0 Å². The van der Waals surface area contributed by atoms with E-state index in [-0.39, 0.29) is 14.7 Å². The van der Waals surface area contributed by atoms with Crippen molar-refractivity contribution in [3.63, 3.8) is 0 Å². The van der Waals surface area contributed by atoms with E-state index in [1.54, 1.807) is 4.40 Å². The lowest BCUT2D eigenvalue weighted by molar-refractivity contribution is -0.137. The summed E-state index contributed by atoms with van der Waals surface area (Å²) in [5.41, 5.74) is -1.15. The zero-order valence-electron chi connectivity index (χ0n) is 13.9. The number of piperidine rings is 1. The highest BCUT2D eigenvalue weighted by Gasteiger charge is 2.57. The molecule has 3 heterocycles. The van der Waals surface area contributed by atoms with Crippen LogP contribution in [0.2, 0.25) is 0 Å². The number of hydrogen-bond acceptors (Lipinski definition) is 3. The maximum absolute atomic E-state index is 12.8. The molecule has 3 atom stereocenters. The van der Waals surface area contributed by atoms with Crippen LogP contribution in [-0.4, -0.2) is 28.4 Å². The second kappa shape index (κ2) is 5.20. The minimum Gasteiger partial charge on any atom is -0.344 e. The van der Waals surface area contributed by atoms with E-state index in [1.165, 1.54) is 12.4 Å². The Morgan fingerprint density at radius 2 is 2.04 bits per heavy atom. The number of carbonyl (C=O) groups is 1. The quantitative estimate of drug-likeness (QED) is 0.889. The molecule has 0 spiro atoms. The summed E-state index contributed by atoms with van der Waals surface area (Å²) in [6.07, 6.45) is -1.65. The first kappa shape index (κ1) is 16.4. The monoisotopic (exact) mass is 356 g/mol. The molecule has 25 heavy (non-hydrogen) atoms. The van der Waals surface area contributed by atoms with Gasteiger partial charge in [-0.3, -0.25) is 4.79 Å². The molecule has 4 rings (SSSR count). The zero-order valence-corrected chi connectivity index (χ0v) is 13.9. The fourth-order valence-corrected chi connectivity index (χ4v) is 3.89. The van der Waals surface area contributed by atoms with Crippen molar-refractivity contribution < 1.29 is 20.8 Å². The van der Waals surface area contributed by atoms with Crippen molar-refractivity contribution in [2.45, 2.75) is 25.6 Å². The molecule has 5 nitrogen and oxygen atoms in total. The van der Waals surface area contributed by atoms with Crippen molar-refractivity contribution >= 4 is 11.4 Å². The van der Waals surface area contributed by atoms with E-state index in [1.807, 2.05) is 13.8 Å². The van der Waals surface area contributed by atoms with Gasteiger partial charge in [0.25, 0.3) is 0 Å². The van der Waals surface area contributed by atoms with Crippen LogP contribution in [0.15, 0.2) is 24.5 Å². The van der Waals surface area contributed by atoms with Gasteiger partial charge in [0.15, 0.2) is 0 Å². The highest BCUT2D eigenvalue weighted by molar-refractivity contribution is 5.83. The van der Waals surface area contributed by atoms with Crippen molar-refractivity contribution in [1.29, 1.82) is 0 Å². The van der Waals surface area contributed by atoms with Crippen molar-refractivity contribution in [2.75, 3.05) is 13.1 Å². The van der Waals surface area contributed by atoms with Crippen LogP contribution in [0.1, 0.15) is 28.1 Å². The van der Waals surface area contributed by atoms with Crippen molar-refractivity contribution in [3.05, 3.63) is 35.9 Å². The lowest BCUT2D eigenvalue weighted by Crippen LogP contribution is -2.44. The Bertz CT molecular complexity index is 842. The van der Waals surface area contributed by atoms with Crippen LogP contribution in [0.3, 0.4) is 0 Å². The van der Waals surface area contributed by atoms with Gasteiger partial charge in [0, 0.05) is 15.0 Å². The van der Waals surface area contributed by atoms with Crippen molar-refractivity contribution in [3.8, 4) is 0 Å². The molecule has 0 bridgehead atoms. The third kappa shape index (κ3) is 2.68. The molecule has 8 heteroatoms. The Morgan fingerprint density at radius 1 is 1.36 bits per heavy atom. The summed E-state index contributed by atoms with van der Waals surface area (Å²) >= 11 is 0. The Morgan fingerprint density at radius 3 is 2.68 bits per heavy atom. The minimum atomic E-state index is -4.40. The van der Waals surface area contributed by atoms with Gasteiger partial charge >= 0.3 is 6.18 Å². The summed E-state index contributed by atoms with van der Waals surface area (Å²) in [6, 6.07) is 2.08. The smallest absolute Gasteiger partial charge is 0.344 e. The molecule has 2 aliphatic rings. The maximum Gasteiger partial charge on any atom is 0.416 e. The number of alkyl halides is 3. The highest BCUT2D eigenvalue weighted by Crippen LogP contribution is 2.49. The molecule has 1 amide bonds. The number of rotatable bonds is 3. The second-order valence-electron chi connectivity index (χ2n) is 7.42. The molecule has 2 fully saturated rings. The number of nitrogens with zero attached hydrogens (tertiary/aromatic N) is 2. The van der Waals surface area contributed by atoms with Crippen LogP contribution in [-0.2, 0) is 16.5 Å². The predicted octanol–water partition coefficient (Wildman–Crippen LogP) is 2.66. The van der Waals surface area contributed by atoms with Gasteiger partial charge in [-0.15, -0.1) is 0 Å². The molecule has 1 unspecified atom stereocenters. The van der Waals surface area contributed by atoms with E-state index < -0.39 is 17.3 Å². The molecule has 1 saturated heterocycles. The third-order valence-electron chi connectivity index (χ3n) is 5.25. The van der Waals surface area contributed by atoms with E-state index >= 15 is 0 Å². The van der Waals surface area contributed by atoms with Gasteiger partial charge in [-0.1, -0.05) is 0 Å². The number of pyridine rings is 1. The Labute approximate surface area is 145 Å². The Kier molecular flexibility index (Phi) is 3.41. The highest BCUT2D eigenvalue weighted by atomic mass is 19.4. The molecule has 2 N–H and O–H groups in total. The molecular formula is C17H23F3N4O. The number of imidazole rings is 1. The molecule has 2 aromatic heterocycles.